The van der Waals surface area contributed by atoms with Crippen molar-refractivity contribution in [3.05, 3.63) is 0 Å². The Morgan fingerprint density at radius 3 is 2.69 bits per heavy atom. The average molecular weight is 226 g/mol. The van der Waals surface area contributed by atoms with Gasteiger partial charge in [-0.1, -0.05) is 13.8 Å². The second kappa shape index (κ2) is 6.24. The maximum Gasteiger partial charge on any atom is 0.223 e. The van der Waals surface area contributed by atoms with E-state index in [-0.39, 0.29) is 0 Å². The number of piperidine rings is 1. The van der Waals surface area contributed by atoms with Gasteiger partial charge < -0.3 is 9.80 Å². The summed E-state index contributed by atoms with van der Waals surface area (Å²) in [5.41, 5.74) is 0. The number of carbonyl (C=O) groups excluding carboxylic acids is 1. The van der Waals surface area contributed by atoms with E-state index in [9.17, 15) is 4.79 Å². The molecule has 0 spiro atoms. The zero-order valence-electron chi connectivity index (χ0n) is 11.2. The van der Waals surface area contributed by atoms with Crippen molar-refractivity contribution in [2.24, 2.45) is 11.8 Å². The minimum atomic E-state index is 0.332. The van der Waals surface area contributed by atoms with Crippen LogP contribution in [0.5, 0.6) is 0 Å². The van der Waals surface area contributed by atoms with Crippen LogP contribution in [0.25, 0.3) is 0 Å². The van der Waals surface area contributed by atoms with Crippen LogP contribution in [-0.2, 0) is 4.79 Å². The predicted molar refractivity (Wildman–Crippen MR) is 67.3 cm³/mol. The summed E-state index contributed by atoms with van der Waals surface area (Å²) in [6.07, 6.45) is 3.13. The Hall–Kier alpha value is -0.570. The lowest BCUT2D eigenvalue weighted by atomic mass is 9.88. The highest BCUT2D eigenvalue weighted by Gasteiger charge is 2.25. The van der Waals surface area contributed by atoms with Crippen LogP contribution in [0, 0.1) is 11.8 Å². The highest BCUT2D eigenvalue weighted by molar-refractivity contribution is 5.76. The Labute approximate surface area is 99.8 Å². The van der Waals surface area contributed by atoms with E-state index < -0.39 is 0 Å². The van der Waals surface area contributed by atoms with Crippen LogP contribution in [0.4, 0.5) is 0 Å². The third-order valence-corrected chi connectivity index (χ3v) is 3.53. The quantitative estimate of drug-likeness (QED) is 0.730. The molecule has 0 bridgehead atoms. The second-order valence-corrected chi connectivity index (χ2v) is 5.54. The number of amides is 1. The molecular weight excluding hydrogens is 200 g/mol. The van der Waals surface area contributed by atoms with Crippen LogP contribution in [0.1, 0.15) is 33.1 Å². The molecule has 0 aliphatic carbocycles. The fraction of sp³-hybridized carbons (Fsp3) is 0.923. The molecule has 1 rings (SSSR count). The number of rotatable bonds is 4. The normalized spacial score (nSPS) is 21.9. The molecular formula is C13H26N2O. The van der Waals surface area contributed by atoms with E-state index in [4.69, 9.17) is 0 Å². The van der Waals surface area contributed by atoms with Gasteiger partial charge in [0.25, 0.3) is 0 Å². The summed E-state index contributed by atoms with van der Waals surface area (Å²) in [5, 5.41) is 0. The van der Waals surface area contributed by atoms with Gasteiger partial charge in [0, 0.05) is 26.1 Å². The molecule has 0 aromatic rings. The second-order valence-electron chi connectivity index (χ2n) is 5.54. The molecule has 1 aliphatic rings. The zero-order chi connectivity index (χ0) is 12.1. The molecule has 1 fully saturated rings. The van der Waals surface area contributed by atoms with Gasteiger partial charge in [-0.2, -0.15) is 0 Å². The molecule has 3 heteroatoms. The molecule has 1 saturated heterocycles. The summed E-state index contributed by atoms with van der Waals surface area (Å²) < 4.78 is 0. The predicted octanol–water partition coefficient (Wildman–Crippen LogP) is 1.83. The van der Waals surface area contributed by atoms with Crippen molar-refractivity contribution < 1.29 is 4.79 Å². The van der Waals surface area contributed by atoms with Gasteiger partial charge in [0.15, 0.2) is 0 Å². The molecule has 0 N–H and O–H groups in total. The number of hydrogen-bond acceptors (Lipinski definition) is 2. The maximum absolute atomic E-state index is 12.0. The van der Waals surface area contributed by atoms with Crippen molar-refractivity contribution in [1.82, 2.24) is 9.80 Å². The van der Waals surface area contributed by atoms with Crippen LogP contribution in [0.3, 0.4) is 0 Å². The van der Waals surface area contributed by atoms with Gasteiger partial charge >= 0.3 is 0 Å². The van der Waals surface area contributed by atoms with Crippen molar-refractivity contribution in [3.63, 3.8) is 0 Å². The van der Waals surface area contributed by atoms with Crippen molar-refractivity contribution >= 4 is 5.91 Å². The number of nitrogens with zero attached hydrogens (tertiary/aromatic N) is 2. The van der Waals surface area contributed by atoms with E-state index in [1.54, 1.807) is 0 Å². The first-order chi connectivity index (χ1) is 7.50. The van der Waals surface area contributed by atoms with Crippen LogP contribution in [-0.4, -0.2) is 49.4 Å². The lowest BCUT2D eigenvalue weighted by Gasteiger charge is -2.35. The molecule has 1 amide bonds. The molecule has 0 saturated carbocycles. The number of carbonyl (C=O) groups is 1. The Morgan fingerprint density at radius 1 is 1.44 bits per heavy atom. The highest BCUT2D eigenvalue weighted by Crippen LogP contribution is 2.23. The third-order valence-electron chi connectivity index (χ3n) is 3.53. The Balaban J connectivity index is 2.38. The number of hydrogen-bond donors (Lipinski definition) is 0. The van der Waals surface area contributed by atoms with Gasteiger partial charge in [-0.15, -0.1) is 0 Å². The largest absolute Gasteiger partial charge is 0.342 e. The zero-order valence-corrected chi connectivity index (χ0v) is 11.2. The van der Waals surface area contributed by atoms with E-state index in [2.05, 4.69) is 23.6 Å². The molecule has 0 aromatic carbocycles. The molecule has 1 unspecified atom stereocenters. The Bertz CT molecular complexity index is 226. The van der Waals surface area contributed by atoms with Crippen molar-refractivity contribution in [2.45, 2.75) is 33.1 Å². The molecule has 1 heterocycles. The average Bonchev–Trinajstić information content (AvgIpc) is 2.26. The minimum Gasteiger partial charge on any atom is -0.342 e. The fourth-order valence-electron chi connectivity index (χ4n) is 2.26. The molecule has 94 valence electrons. The van der Waals surface area contributed by atoms with Gasteiger partial charge in [-0.05, 0) is 38.8 Å². The fourth-order valence-corrected chi connectivity index (χ4v) is 2.26. The first kappa shape index (κ1) is 13.5. The maximum atomic E-state index is 12.0. The van der Waals surface area contributed by atoms with E-state index in [0.717, 1.165) is 19.6 Å². The molecule has 1 aliphatic heterocycles. The van der Waals surface area contributed by atoms with Gasteiger partial charge in [0.2, 0.25) is 5.91 Å². The molecule has 1 atom stereocenters. The van der Waals surface area contributed by atoms with E-state index >= 15 is 0 Å². The van der Waals surface area contributed by atoms with Gasteiger partial charge in [0.1, 0.15) is 0 Å². The molecule has 16 heavy (non-hydrogen) atoms. The number of likely N-dealkylation sites (tertiary alicyclic amines) is 1. The third kappa shape index (κ3) is 4.12. The van der Waals surface area contributed by atoms with E-state index in [1.807, 2.05) is 14.1 Å². The molecule has 0 aromatic heterocycles. The van der Waals surface area contributed by atoms with Crippen LogP contribution >= 0.6 is 0 Å². The Morgan fingerprint density at radius 2 is 2.12 bits per heavy atom. The van der Waals surface area contributed by atoms with E-state index in [1.165, 1.54) is 12.8 Å². The van der Waals surface area contributed by atoms with Gasteiger partial charge in [0.05, 0.1) is 0 Å². The molecule has 3 nitrogen and oxygen atoms in total. The first-order valence-electron chi connectivity index (χ1n) is 6.43. The Kier molecular flexibility index (Phi) is 5.26. The van der Waals surface area contributed by atoms with Crippen molar-refractivity contribution in [1.29, 1.82) is 0 Å². The minimum absolute atomic E-state index is 0.332. The summed E-state index contributed by atoms with van der Waals surface area (Å²) in [6, 6.07) is 0. The van der Waals surface area contributed by atoms with Gasteiger partial charge in [-0.3, -0.25) is 4.79 Å². The summed E-state index contributed by atoms with van der Waals surface area (Å²) in [7, 11) is 4.03. The summed E-state index contributed by atoms with van der Waals surface area (Å²) in [4.78, 5) is 16.1. The van der Waals surface area contributed by atoms with E-state index in [0.29, 0.717) is 24.2 Å². The van der Waals surface area contributed by atoms with Crippen LogP contribution in [0.15, 0.2) is 0 Å². The van der Waals surface area contributed by atoms with Crippen LogP contribution < -0.4 is 0 Å². The lowest BCUT2D eigenvalue weighted by Crippen LogP contribution is -2.42. The van der Waals surface area contributed by atoms with Gasteiger partial charge in [-0.25, -0.2) is 0 Å². The smallest absolute Gasteiger partial charge is 0.223 e. The highest BCUT2D eigenvalue weighted by atomic mass is 16.2. The lowest BCUT2D eigenvalue weighted by molar-refractivity contribution is -0.133. The summed E-state index contributed by atoms with van der Waals surface area (Å²) in [5.74, 6) is 1.74. The topological polar surface area (TPSA) is 23.6 Å². The molecule has 0 radical (unpaired) electrons. The standard InChI is InChI=1S/C13H26N2O/c1-11(2)12-6-5-8-15(10-12)13(16)7-9-14(3)4/h11-12H,5-10H2,1-4H3. The summed E-state index contributed by atoms with van der Waals surface area (Å²) >= 11 is 0. The first-order valence-corrected chi connectivity index (χ1v) is 6.43. The van der Waals surface area contributed by atoms with Crippen LogP contribution in [0.2, 0.25) is 0 Å². The summed E-state index contributed by atoms with van der Waals surface area (Å²) in [6.45, 7) is 7.33. The SMILES string of the molecule is CC(C)C1CCCN(C(=O)CCN(C)C)C1. The van der Waals surface area contributed by atoms with Crippen molar-refractivity contribution in [2.75, 3.05) is 33.7 Å². The van der Waals surface area contributed by atoms with Crippen molar-refractivity contribution in [3.8, 4) is 0 Å². The monoisotopic (exact) mass is 226 g/mol.